The highest BCUT2D eigenvalue weighted by Gasteiger charge is 2.24. The van der Waals surface area contributed by atoms with Crippen molar-refractivity contribution in [1.29, 1.82) is 0 Å². The Morgan fingerprint density at radius 3 is 2.56 bits per heavy atom. The molecule has 0 saturated carbocycles. The predicted molar refractivity (Wildman–Crippen MR) is 143 cm³/mol. The summed E-state index contributed by atoms with van der Waals surface area (Å²) in [6.07, 6.45) is 8.02. The number of rotatable bonds is 6. The normalized spacial score (nSPS) is 13.5. The number of aromatic nitrogens is 5. The molecule has 8 nitrogen and oxygen atoms in total. The number of H-pyrrole nitrogens is 1. The van der Waals surface area contributed by atoms with Gasteiger partial charge in [-0.3, -0.25) is 4.79 Å². The number of nitrogens with zero attached hydrogens (tertiary/aromatic N) is 4. The lowest BCUT2D eigenvalue weighted by molar-refractivity contribution is 0.415. The zero-order chi connectivity index (χ0) is 24.5. The van der Waals surface area contributed by atoms with Crippen LogP contribution in [-0.2, 0) is 0 Å². The zero-order valence-electron chi connectivity index (χ0n) is 19.7. The molecule has 5 aromatic rings. The third-order valence-electron chi connectivity index (χ3n) is 6.42. The number of fused-ring (bicyclic) bond motifs is 1. The van der Waals surface area contributed by atoms with Crippen LogP contribution < -0.4 is 15.6 Å². The van der Waals surface area contributed by atoms with E-state index in [4.69, 9.17) is 9.84 Å². The molecule has 0 atom stereocenters. The summed E-state index contributed by atoms with van der Waals surface area (Å²) in [6, 6.07) is 17.4. The zero-order valence-corrected chi connectivity index (χ0v) is 20.5. The van der Waals surface area contributed by atoms with Gasteiger partial charge in [0.15, 0.2) is 0 Å². The topological polar surface area (TPSA) is 97.2 Å². The highest BCUT2D eigenvalue weighted by Crippen LogP contribution is 2.37. The van der Waals surface area contributed by atoms with Crippen molar-refractivity contribution in [3.05, 3.63) is 82.9 Å². The van der Waals surface area contributed by atoms with E-state index in [9.17, 15) is 4.79 Å². The van der Waals surface area contributed by atoms with Gasteiger partial charge in [0.25, 0.3) is 5.56 Å². The molecule has 0 unspecified atom stereocenters. The molecule has 180 valence electrons. The van der Waals surface area contributed by atoms with Crippen LogP contribution in [0.5, 0.6) is 5.75 Å². The molecule has 0 spiro atoms. The van der Waals surface area contributed by atoms with E-state index >= 15 is 0 Å². The molecule has 0 saturated heterocycles. The molecule has 0 aliphatic heterocycles. The lowest BCUT2D eigenvalue weighted by atomic mass is 9.92. The molecule has 0 amide bonds. The van der Waals surface area contributed by atoms with Crippen LogP contribution >= 0.6 is 11.5 Å². The van der Waals surface area contributed by atoms with Crippen LogP contribution in [0.4, 0.5) is 10.9 Å². The Kier molecular flexibility index (Phi) is 5.82. The summed E-state index contributed by atoms with van der Waals surface area (Å²) in [5.41, 5.74) is 5.60. The number of benzene rings is 2. The maximum atomic E-state index is 14.1. The Labute approximate surface area is 211 Å². The fraction of sp³-hybridized carbons (Fsp3) is 0.185. The fourth-order valence-corrected chi connectivity index (χ4v) is 5.13. The van der Waals surface area contributed by atoms with E-state index in [1.54, 1.807) is 7.11 Å². The molecule has 0 radical (unpaired) electrons. The minimum absolute atomic E-state index is 0.222. The Balaban J connectivity index is 1.65. The molecule has 1 aliphatic carbocycles. The van der Waals surface area contributed by atoms with Crippen LogP contribution in [0.1, 0.15) is 31.2 Å². The summed E-state index contributed by atoms with van der Waals surface area (Å²) in [7, 11) is 1.62. The molecule has 3 heterocycles. The number of anilines is 2. The molecule has 2 aromatic carbocycles. The van der Waals surface area contributed by atoms with Gasteiger partial charge in [0.1, 0.15) is 29.2 Å². The highest BCUT2D eigenvalue weighted by atomic mass is 32.1. The molecular weight excluding hydrogens is 472 g/mol. The van der Waals surface area contributed by atoms with Crippen molar-refractivity contribution >= 4 is 33.7 Å². The van der Waals surface area contributed by atoms with Gasteiger partial charge in [-0.05, 0) is 49.0 Å². The number of allylic oxidation sites excluding steroid dienone is 2. The number of methoxy groups -OCH3 is 1. The van der Waals surface area contributed by atoms with E-state index in [2.05, 4.69) is 25.7 Å². The van der Waals surface area contributed by atoms with Gasteiger partial charge in [0, 0.05) is 22.7 Å². The third kappa shape index (κ3) is 3.97. The van der Waals surface area contributed by atoms with Crippen LogP contribution in [-0.4, -0.2) is 31.1 Å². The number of aromatic amines is 1. The molecule has 3 aromatic heterocycles. The first-order valence-corrected chi connectivity index (χ1v) is 12.6. The molecule has 1 aliphatic rings. The van der Waals surface area contributed by atoms with E-state index in [0.29, 0.717) is 27.9 Å². The summed E-state index contributed by atoms with van der Waals surface area (Å²) in [5.74, 6) is 1.26. The Morgan fingerprint density at radius 1 is 1.03 bits per heavy atom. The SMILES string of the molecule is COc1ccc(-c2c(Nc3ncns3)[nH]c3c(C4=CCCCC4)c(-c4ccccc4)nn3c2=O)cc1. The number of hydrogen-bond acceptors (Lipinski definition) is 7. The monoisotopic (exact) mass is 496 g/mol. The minimum Gasteiger partial charge on any atom is -0.497 e. The maximum absolute atomic E-state index is 14.1. The fourth-order valence-electron chi connectivity index (χ4n) is 4.70. The standard InChI is InChI=1S/C27H24N6O2S/c1-35-20-14-12-18(13-15-20)22-24(31-27-28-16-29-36-27)30-25-21(17-8-4-2-5-9-17)23(32-33(25)26(22)34)19-10-6-3-7-11-19/h3,6-8,10-16,30H,2,4-5,9H2,1H3,(H,28,29,31). The highest BCUT2D eigenvalue weighted by molar-refractivity contribution is 7.09. The number of nitrogens with one attached hydrogen (secondary N) is 2. The molecule has 9 heteroatoms. The first-order valence-electron chi connectivity index (χ1n) is 11.8. The van der Waals surface area contributed by atoms with Crippen molar-refractivity contribution < 1.29 is 4.74 Å². The van der Waals surface area contributed by atoms with E-state index in [1.807, 2.05) is 54.6 Å². The van der Waals surface area contributed by atoms with Gasteiger partial charge < -0.3 is 15.0 Å². The van der Waals surface area contributed by atoms with Gasteiger partial charge in [-0.2, -0.15) is 14.0 Å². The Morgan fingerprint density at radius 2 is 1.86 bits per heavy atom. The predicted octanol–water partition coefficient (Wildman–Crippen LogP) is 5.92. The summed E-state index contributed by atoms with van der Waals surface area (Å²) in [5, 5.41) is 8.75. The van der Waals surface area contributed by atoms with Crippen LogP contribution in [0.25, 0.3) is 33.6 Å². The number of hydrogen-bond donors (Lipinski definition) is 2. The van der Waals surface area contributed by atoms with Crippen molar-refractivity contribution in [3.8, 4) is 28.1 Å². The van der Waals surface area contributed by atoms with Crippen molar-refractivity contribution in [2.45, 2.75) is 25.7 Å². The first kappa shape index (κ1) is 22.2. The van der Waals surface area contributed by atoms with E-state index < -0.39 is 0 Å². The molecule has 0 fully saturated rings. The second-order valence-electron chi connectivity index (χ2n) is 8.61. The van der Waals surface area contributed by atoms with Crippen molar-refractivity contribution in [2.75, 3.05) is 12.4 Å². The van der Waals surface area contributed by atoms with Gasteiger partial charge in [-0.25, -0.2) is 4.98 Å². The first-order chi connectivity index (χ1) is 17.7. The van der Waals surface area contributed by atoms with Gasteiger partial charge >= 0.3 is 0 Å². The van der Waals surface area contributed by atoms with E-state index in [-0.39, 0.29) is 5.56 Å². The Hall–Kier alpha value is -4.24. The van der Waals surface area contributed by atoms with Crippen molar-refractivity contribution in [2.24, 2.45) is 0 Å². The maximum Gasteiger partial charge on any atom is 0.284 e. The summed E-state index contributed by atoms with van der Waals surface area (Å²) in [4.78, 5) is 21.9. The Bertz CT molecular complexity index is 1600. The van der Waals surface area contributed by atoms with Crippen molar-refractivity contribution in [3.63, 3.8) is 0 Å². The van der Waals surface area contributed by atoms with Crippen LogP contribution in [0.15, 0.2) is 71.8 Å². The summed E-state index contributed by atoms with van der Waals surface area (Å²) in [6.45, 7) is 0. The quantitative estimate of drug-likeness (QED) is 0.303. The second kappa shape index (κ2) is 9.43. The van der Waals surface area contributed by atoms with E-state index in [0.717, 1.165) is 41.6 Å². The average Bonchev–Trinajstić information content (AvgIpc) is 3.58. The van der Waals surface area contributed by atoms with Crippen LogP contribution in [0.3, 0.4) is 0 Å². The van der Waals surface area contributed by atoms with Gasteiger partial charge in [-0.15, -0.1) is 0 Å². The largest absolute Gasteiger partial charge is 0.497 e. The lowest BCUT2D eigenvalue weighted by Crippen LogP contribution is -2.19. The second-order valence-corrected chi connectivity index (χ2v) is 9.39. The van der Waals surface area contributed by atoms with E-state index in [1.165, 1.54) is 34.4 Å². The molecule has 0 bridgehead atoms. The molecule has 36 heavy (non-hydrogen) atoms. The summed E-state index contributed by atoms with van der Waals surface area (Å²) < 4.78 is 10.9. The third-order valence-corrected chi connectivity index (χ3v) is 7.00. The van der Waals surface area contributed by atoms with Gasteiger partial charge in [0.2, 0.25) is 5.13 Å². The van der Waals surface area contributed by atoms with Crippen LogP contribution in [0.2, 0.25) is 0 Å². The van der Waals surface area contributed by atoms with Gasteiger partial charge in [0.05, 0.1) is 12.7 Å². The summed E-state index contributed by atoms with van der Waals surface area (Å²) >= 11 is 1.23. The lowest BCUT2D eigenvalue weighted by Gasteiger charge is -2.15. The smallest absolute Gasteiger partial charge is 0.284 e. The van der Waals surface area contributed by atoms with Crippen LogP contribution in [0, 0.1) is 0 Å². The molecule has 2 N–H and O–H groups in total. The van der Waals surface area contributed by atoms with Gasteiger partial charge in [-0.1, -0.05) is 48.5 Å². The molecular formula is C27H24N6O2S. The minimum atomic E-state index is -0.222. The molecule has 6 rings (SSSR count). The number of ether oxygens (including phenoxy) is 1. The van der Waals surface area contributed by atoms with Crippen molar-refractivity contribution in [1.82, 2.24) is 24.0 Å². The average molecular weight is 497 g/mol.